The lowest BCUT2D eigenvalue weighted by Crippen LogP contribution is -2.55. The van der Waals surface area contributed by atoms with Crippen LogP contribution in [0.5, 0.6) is 46.0 Å². The van der Waals surface area contributed by atoms with Crippen LogP contribution in [0.25, 0.3) is 64.6 Å². The number of rotatable bonds is 18. The molecule has 14 heteroatoms. The van der Waals surface area contributed by atoms with E-state index in [9.17, 15) is 0 Å². The first-order valence-corrected chi connectivity index (χ1v) is 38.1. The quantitative estimate of drug-likeness (QED) is 0.0479. The summed E-state index contributed by atoms with van der Waals surface area (Å²) in [4.78, 5) is 99.9. The highest BCUT2D eigenvalue weighted by atomic mass is 16.5. The zero-order valence-corrected chi connectivity index (χ0v) is 65.3. The third-order valence-electron chi connectivity index (χ3n) is 22.2. The van der Waals surface area contributed by atoms with Crippen molar-refractivity contribution in [3.05, 3.63) is 251 Å². The zero-order chi connectivity index (χ0) is 77.9. The van der Waals surface area contributed by atoms with Crippen LogP contribution < -0.4 is 29.6 Å². The van der Waals surface area contributed by atoms with Gasteiger partial charge in [-0.3, -0.25) is 38.6 Å². The van der Waals surface area contributed by atoms with Crippen molar-refractivity contribution in [1.29, 1.82) is 0 Å². The van der Waals surface area contributed by atoms with Gasteiger partial charge in [0.15, 0.2) is 0 Å². The molecule has 0 spiro atoms. The fraction of sp³-hybridized carbons (Fsp3) is 0.271. The third-order valence-corrected chi connectivity index (χ3v) is 22.2. The second kappa shape index (κ2) is 27.6. The van der Waals surface area contributed by atoms with Crippen LogP contribution in [0.4, 0.5) is 11.4 Å². The molecule has 2 heterocycles. The van der Waals surface area contributed by atoms with Gasteiger partial charge in [0.05, 0.1) is 22.3 Å². The van der Waals surface area contributed by atoms with Crippen molar-refractivity contribution in [1.82, 2.24) is 9.80 Å². The average Bonchev–Trinajstić information content (AvgIpc) is 0.669. The Balaban J connectivity index is 1.08. The van der Waals surface area contributed by atoms with Crippen molar-refractivity contribution in [3.8, 4) is 46.0 Å². The summed E-state index contributed by atoms with van der Waals surface area (Å²) >= 11 is 0. The molecule has 14 nitrogen and oxygen atoms in total. The summed E-state index contributed by atoms with van der Waals surface area (Å²) in [6.45, 7) is 33.0. The Bertz CT molecular complexity index is 5300. The Labute approximate surface area is 642 Å². The van der Waals surface area contributed by atoms with Crippen LogP contribution in [0, 0.1) is 11.8 Å². The average molecular weight is 1460 g/mol. The number of nitrogens with zero attached hydrogens (tertiary/aromatic N) is 2. The lowest BCUT2D eigenvalue weighted by atomic mass is 9.80. The Hall–Kier alpha value is -11.9. The lowest BCUT2D eigenvalue weighted by Gasteiger charge is -2.37. The fourth-order valence-corrected chi connectivity index (χ4v) is 15.6. The minimum absolute atomic E-state index is 0.0439. The van der Waals surface area contributed by atoms with E-state index in [-0.39, 0.29) is 77.7 Å². The minimum atomic E-state index is -1.35. The van der Waals surface area contributed by atoms with E-state index >= 15 is 28.8 Å². The van der Waals surface area contributed by atoms with Crippen molar-refractivity contribution < 1.29 is 47.7 Å². The van der Waals surface area contributed by atoms with E-state index in [1.165, 1.54) is 0 Å². The van der Waals surface area contributed by atoms with E-state index in [0.717, 1.165) is 53.6 Å². The van der Waals surface area contributed by atoms with Crippen LogP contribution >= 0.6 is 0 Å². The maximum atomic E-state index is 16.7. The van der Waals surface area contributed by atoms with Gasteiger partial charge in [0.1, 0.15) is 58.1 Å². The summed E-state index contributed by atoms with van der Waals surface area (Å²) in [6.07, 6.45) is 0.803. The highest BCUT2D eigenvalue weighted by Crippen LogP contribution is 2.59. The molecule has 6 amide bonds. The van der Waals surface area contributed by atoms with Gasteiger partial charge in [-0.1, -0.05) is 233 Å². The SMILES string of the molecule is CCC(C)C(C(=O)Nc1ccc2ccccc2c1)N1C(=O)c2cc(Oc3ccc(C(C)(C)C)cc3)c3c4c(Oc5ccc(C(C)(C)C)cc5)cc5c6c(cc(Oc7ccc(C(C)(C)C)cc7)c(c7c(Oc8ccc(C(C)(C)C)cc8)cc(c2c37)C1=O)c64)C(=O)N(C(C(=O)Nc1ccc2ccccc2c1)C(C)CC)C5=O. The highest BCUT2D eigenvalue weighted by Gasteiger charge is 2.48. The van der Waals surface area contributed by atoms with Crippen LogP contribution in [-0.4, -0.2) is 57.3 Å². The van der Waals surface area contributed by atoms with Gasteiger partial charge in [-0.05, 0) is 174 Å². The molecule has 0 saturated carbocycles. The Morgan fingerprint density at radius 2 is 0.564 bits per heavy atom. The van der Waals surface area contributed by atoms with Gasteiger partial charge in [-0.25, -0.2) is 0 Å². The fourth-order valence-electron chi connectivity index (χ4n) is 15.6. The van der Waals surface area contributed by atoms with Crippen LogP contribution in [-0.2, 0) is 31.2 Å². The maximum absolute atomic E-state index is 16.7. The van der Waals surface area contributed by atoms with E-state index in [1.54, 1.807) is 24.3 Å². The largest absolute Gasteiger partial charge is 0.457 e. The molecule has 0 fully saturated rings. The van der Waals surface area contributed by atoms with Crippen LogP contribution in [0.3, 0.4) is 0 Å². The van der Waals surface area contributed by atoms with E-state index in [0.29, 0.717) is 79.5 Å². The molecule has 0 bridgehead atoms. The predicted octanol–water partition coefficient (Wildman–Crippen LogP) is 23.7. The molecule has 4 atom stereocenters. The number of hydrogen-bond donors (Lipinski definition) is 2. The second-order valence-corrected chi connectivity index (χ2v) is 33.9. The number of imide groups is 2. The normalized spacial score (nSPS) is 14.6. The van der Waals surface area contributed by atoms with E-state index in [4.69, 9.17) is 18.9 Å². The molecule has 2 aliphatic rings. The van der Waals surface area contributed by atoms with E-state index in [2.05, 4.69) is 93.7 Å². The van der Waals surface area contributed by atoms with Crippen molar-refractivity contribution >= 4 is 111 Å². The molecule has 0 aliphatic carbocycles. The minimum Gasteiger partial charge on any atom is -0.457 e. The second-order valence-electron chi connectivity index (χ2n) is 33.9. The smallest absolute Gasteiger partial charge is 0.262 e. The van der Waals surface area contributed by atoms with Gasteiger partial charge in [0.25, 0.3) is 23.6 Å². The molecule has 2 aliphatic heterocycles. The van der Waals surface area contributed by atoms with Crippen molar-refractivity contribution in [2.24, 2.45) is 11.8 Å². The first-order chi connectivity index (χ1) is 52.3. The highest BCUT2D eigenvalue weighted by molar-refractivity contribution is 6.45. The Morgan fingerprint density at radius 1 is 0.318 bits per heavy atom. The van der Waals surface area contributed by atoms with Gasteiger partial charge >= 0.3 is 0 Å². The molecule has 13 aromatic carbocycles. The monoisotopic (exact) mass is 1460 g/mol. The summed E-state index contributed by atoms with van der Waals surface area (Å²) in [5.41, 5.74) is 4.22. The van der Waals surface area contributed by atoms with E-state index < -0.39 is 59.4 Å². The van der Waals surface area contributed by atoms with Crippen molar-refractivity contribution in [2.45, 2.75) is 157 Å². The number of anilines is 2. The first-order valence-electron chi connectivity index (χ1n) is 38.1. The molecular weight excluding hydrogens is 1370 g/mol. The van der Waals surface area contributed by atoms with Crippen LogP contribution in [0.15, 0.2) is 206 Å². The third kappa shape index (κ3) is 13.3. The summed E-state index contributed by atoms with van der Waals surface area (Å²) in [7, 11) is 0. The zero-order valence-electron chi connectivity index (χ0n) is 65.3. The topological polar surface area (TPSA) is 170 Å². The van der Waals surface area contributed by atoms with Gasteiger partial charge in [0.2, 0.25) is 11.8 Å². The van der Waals surface area contributed by atoms with Crippen LogP contribution in [0.2, 0.25) is 0 Å². The maximum Gasteiger partial charge on any atom is 0.262 e. The number of nitrogens with one attached hydrogen (secondary N) is 2. The Kier molecular flexibility index (Phi) is 18.5. The molecule has 0 radical (unpaired) electrons. The van der Waals surface area contributed by atoms with Crippen molar-refractivity contribution in [2.75, 3.05) is 10.6 Å². The van der Waals surface area contributed by atoms with E-state index in [1.807, 2.05) is 210 Å². The summed E-state index contributed by atoms with van der Waals surface area (Å²) in [5, 5.41) is 12.3. The molecule has 0 saturated heterocycles. The number of fused-ring (bicyclic) bond motifs is 4. The standard InChI is InChI=1S/C96H92N4O10/c1-17-53(3)85(87(101)97-63-37-27-55-23-19-21-25-57(55)47-63)99-89(103)69-49-73(107-65-39-29-59(30-40-65)93(5,6)7)79-81-75(109-67-43-33-61(34-44-67)95(11,12)13)51-71-78-72(92(106)100(91(71)105)86(54(4)18-2)88(102)98-64-38-28-56-24-20-22-26-58(56)48-64)52-76(110-68-45-35-62(36-46-68)96(14,15)16)82(84(78)81)80-74(50-70(90(99)104)77(69)83(79)80)108-66-41-31-60(32-42-66)94(8,9)10/h19-54,85-86H,17-18H2,1-16H3,(H,97,101)(H,98,102). The number of carbonyl (C=O) groups is 6. The summed E-state index contributed by atoms with van der Waals surface area (Å²) in [6, 6.07) is 61.6. The molecule has 2 N–H and O–H groups in total. The Morgan fingerprint density at radius 3 is 0.800 bits per heavy atom. The molecule has 0 aromatic heterocycles. The molecule has 13 aromatic rings. The summed E-state index contributed by atoms with van der Waals surface area (Å²) < 4.78 is 29.7. The number of ether oxygens (including phenoxy) is 4. The summed E-state index contributed by atoms with van der Waals surface area (Å²) in [5.74, 6) is -3.28. The van der Waals surface area contributed by atoms with Crippen LogP contribution in [0.1, 0.15) is 187 Å². The van der Waals surface area contributed by atoms with Gasteiger partial charge in [-0.2, -0.15) is 0 Å². The molecule has 556 valence electrons. The molecule has 110 heavy (non-hydrogen) atoms. The van der Waals surface area contributed by atoms with Gasteiger partial charge in [-0.15, -0.1) is 0 Å². The lowest BCUT2D eigenvalue weighted by molar-refractivity contribution is -0.122. The molecular formula is C96H92N4O10. The van der Waals surface area contributed by atoms with Crippen molar-refractivity contribution in [3.63, 3.8) is 0 Å². The first kappa shape index (κ1) is 73.6. The molecule has 4 unspecified atom stereocenters. The van der Waals surface area contributed by atoms with Gasteiger partial charge < -0.3 is 29.6 Å². The van der Waals surface area contributed by atoms with Gasteiger partial charge in [0, 0.05) is 54.5 Å². The number of hydrogen-bond acceptors (Lipinski definition) is 10. The number of carbonyl (C=O) groups excluding carboxylic acids is 6. The number of benzene rings is 13. The predicted molar refractivity (Wildman–Crippen MR) is 441 cm³/mol. The number of amides is 6. The molecule has 15 rings (SSSR count).